The topological polar surface area (TPSA) is 154 Å². The van der Waals surface area contributed by atoms with E-state index < -0.39 is 37.5 Å². The lowest BCUT2D eigenvalue weighted by Gasteiger charge is -2.07. The van der Waals surface area contributed by atoms with Gasteiger partial charge in [0.2, 0.25) is 0 Å². The number of aryl methyl sites for hydroxylation is 1. The van der Waals surface area contributed by atoms with Crippen LogP contribution in [0, 0.1) is 37.3 Å². The number of benzene rings is 1. The van der Waals surface area contributed by atoms with Crippen LogP contribution in [-0.2, 0) is 0 Å². The molecule has 1 aromatic carbocycles. The summed E-state index contributed by atoms with van der Waals surface area (Å²) in [6.45, 7) is 1.67. The van der Waals surface area contributed by atoms with Crippen molar-refractivity contribution in [3.8, 4) is 0 Å². The van der Waals surface area contributed by atoms with Crippen molar-refractivity contribution in [3.05, 3.63) is 66.4 Å². The molecule has 11 heteroatoms. The predicted octanol–water partition coefficient (Wildman–Crippen LogP) is 2.86. The second kappa shape index (κ2) is 6.01. The second-order valence-electron chi connectivity index (χ2n) is 4.42. The van der Waals surface area contributed by atoms with E-state index in [0.29, 0.717) is 17.8 Å². The van der Waals surface area contributed by atoms with Crippen LogP contribution in [0.15, 0.2) is 30.3 Å². The molecule has 0 aliphatic rings. The Balaban J connectivity index is 2.66. The van der Waals surface area contributed by atoms with Crippen LogP contribution in [0.1, 0.15) is 5.69 Å². The first-order valence-electron chi connectivity index (χ1n) is 6.11. The van der Waals surface area contributed by atoms with Gasteiger partial charge in [-0.25, -0.2) is 4.98 Å². The van der Waals surface area contributed by atoms with Crippen LogP contribution in [0.3, 0.4) is 0 Å². The normalized spacial score (nSPS) is 10.1. The summed E-state index contributed by atoms with van der Waals surface area (Å²) in [6.07, 6.45) is 0. The van der Waals surface area contributed by atoms with E-state index in [1.807, 2.05) is 0 Å². The molecule has 1 N–H and O–H groups in total. The average Bonchev–Trinajstić information content (AvgIpc) is 2.46. The van der Waals surface area contributed by atoms with E-state index in [0.717, 1.165) is 0 Å². The van der Waals surface area contributed by atoms with E-state index in [9.17, 15) is 30.3 Å². The maximum atomic E-state index is 11.1. The molecule has 118 valence electrons. The van der Waals surface area contributed by atoms with Crippen molar-refractivity contribution < 1.29 is 14.8 Å². The minimum atomic E-state index is -0.936. The summed E-state index contributed by atoms with van der Waals surface area (Å²) >= 11 is 0. The van der Waals surface area contributed by atoms with Gasteiger partial charge in [-0.05, 0) is 19.1 Å². The highest BCUT2D eigenvalue weighted by molar-refractivity contribution is 5.80. The third-order valence-corrected chi connectivity index (χ3v) is 2.83. The lowest BCUT2D eigenvalue weighted by Crippen LogP contribution is -2.04. The minimum absolute atomic E-state index is 0.144. The number of pyridine rings is 1. The van der Waals surface area contributed by atoms with Gasteiger partial charge in [0.25, 0.3) is 5.69 Å². The van der Waals surface area contributed by atoms with Gasteiger partial charge in [-0.2, -0.15) is 0 Å². The van der Waals surface area contributed by atoms with Crippen LogP contribution in [-0.4, -0.2) is 19.8 Å². The third-order valence-electron chi connectivity index (χ3n) is 2.83. The monoisotopic (exact) mass is 319 g/mol. The smallest absolute Gasteiger partial charge is 0.306 e. The molecule has 2 rings (SSSR count). The van der Waals surface area contributed by atoms with E-state index in [-0.39, 0.29) is 5.82 Å². The summed E-state index contributed by atoms with van der Waals surface area (Å²) < 4.78 is 0. The Hall–Kier alpha value is -3.63. The maximum absolute atomic E-state index is 11.1. The number of non-ortho nitro benzene ring substituents is 1. The Labute approximate surface area is 128 Å². The lowest BCUT2D eigenvalue weighted by atomic mass is 10.2. The summed E-state index contributed by atoms with van der Waals surface area (Å²) in [5.41, 5.74) is -2.19. The van der Waals surface area contributed by atoms with E-state index >= 15 is 0 Å². The molecule has 0 aliphatic carbocycles. The van der Waals surface area contributed by atoms with Gasteiger partial charge < -0.3 is 5.32 Å². The Morgan fingerprint density at radius 3 is 1.96 bits per heavy atom. The van der Waals surface area contributed by atoms with Gasteiger partial charge >= 0.3 is 11.4 Å². The zero-order chi connectivity index (χ0) is 17.1. The first-order chi connectivity index (χ1) is 10.8. The Kier molecular flexibility index (Phi) is 4.12. The Morgan fingerprint density at radius 1 is 0.957 bits per heavy atom. The van der Waals surface area contributed by atoms with Crippen LogP contribution in [0.25, 0.3) is 0 Å². The van der Waals surface area contributed by atoms with Crippen molar-refractivity contribution in [3.63, 3.8) is 0 Å². The van der Waals surface area contributed by atoms with Crippen molar-refractivity contribution in [2.24, 2.45) is 0 Å². The van der Waals surface area contributed by atoms with Crippen LogP contribution in [0.2, 0.25) is 0 Å². The molecule has 0 bridgehead atoms. The van der Waals surface area contributed by atoms with Crippen molar-refractivity contribution >= 4 is 28.6 Å². The number of anilines is 2. The molecule has 0 aliphatic heterocycles. The SMILES string of the molecule is Cc1cccc(Nc2c([N+](=O)[O-])cc([N+](=O)[O-])cc2[N+](=O)[O-])n1. The maximum Gasteiger partial charge on any atom is 0.306 e. The van der Waals surface area contributed by atoms with Gasteiger partial charge in [-0.3, -0.25) is 30.3 Å². The molecule has 0 radical (unpaired) electrons. The molecule has 0 fully saturated rings. The summed E-state index contributed by atoms with van der Waals surface area (Å²) in [5.74, 6) is 0.144. The molecule has 2 aromatic rings. The van der Waals surface area contributed by atoms with E-state index in [4.69, 9.17) is 0 Å². The number of nitrogens with zero attached hydrogens (tertiary/aromatic N) is 4. The van der Waals surface area contributed by atoms with Crippen molar-refractivity contribution in [1.29, 1.82) is 0 Å². The van der Waals surface area contributed by atoms with Crippen molar-refractivity contribution in [2.45, 2.75) is 6.92 Å². The Morgan fingerprint density at radius 2 is 1.52 bits per heavy atom. The highest BCUT2D eigenvalue weighted by atomic mass is 16.6. The van der Waals surface area contributed by atoms with Gasteiger partial charge in [0.05, 0.1) is 26.9 Å². The standard InChI is InChI=1S/C12H9N5O6/c1-7-3-2-4-11(13-7)14-12-9(16(20)21)5-8(15(18)19)6-10(12)17(22)23/h2-6H,1H3,(H,13,14). The van der Waals surface area contributed by atoms with Crippen LogP contribution in [0.4, 0.5) is 28.6 Å². The first kappa shape index (κ1) is 15.8. The fourth-order valence-electron chi connectivity index (χ4n) is 1.86. The van der Waals surface area contributed by atoms with E-state index in [1.165, 1.54) is 6.07 Å². The van der Waals surface area contributed by atoms with Crippen LogP contribution in [0.5, 0.6) is 0 Å². The molecule has 0 atom stereocenters. The number of nitrogens with one attached hydrogen (secondary N) is 1. The van der Waals surface area contributed by atoms with Gasteiger partial charge in [0.15, 0.2) is 5.69 Å². The largest absolute Gasteiger partial charge is 0.329 e. The molecule has 0 saturated heterocycles. The fraction of sp³-hybridized carbons (Fsp3) is 0.0833. The number of rotatable bonds is 5. The average molecular weight is 319 g/mol. The number of hydrogen-bond acceptors (Lipinski definition) is 8. The molecule has 11 nitrogen and oxygen atoms in total. The summed E-state index contributed by atoms with van der Waals surface area (Å²) in [6, 6.07) is 6.05. The second-order valence-corrected chi connectivity index (χ2v) is 4.42. The molecular weight excluding hydrogens is 310 g/mol. The van der Waals surface area contributed by atoms with Gasteiger partial charge in [0, 0.05) is 5.69 Å². The van der Waals surface area contributed by atoms with E-state index in [2.05, 4.69) is 10.3 Å². The summed E-state index contributed by atoms with van der Waals surface area (Å²) in [5, 5.41) is 35.5. The number of nitro benzene ring substituents is 3. The molecule has 0 unspecified atom stereocenters. The molecule has 0 saturated carbocycles. The van der Waals surface area contributed by atoms with Crippen molar-refractivity contribution in [2.75, 3.05) is 5.32 Å². The first-order valence-corrected chi connectivity index (χ1v) is 6.11. The molecule has 0 spiro atoms. The van der Waals surface area contributed by atoms with Gasteiger partial charge in [-0.15, -0.1) is 0 Å². The molecular formula is C12H9N5O6. The number of hydrogen-bond donors (Lipinski definition) is 1. The van der Waals surface area contributed by atoms with Crippen LogP contribution < -0.4 is 5.32 Å². The summed E-state index contributed by atoms with van der Waals surface area (Å²) in [4.78, 5) is 34.3. The molecule has 0 amide bonds. The third kappa shape index (κ3) is 3.34. The minimum Gasteiger partial charge on any atom is -0.329 e. The fourth-order valence-corrected chi connectivity index (χ4v) is 1.86. The highest BCUT2D eigenvalue weighted by Crippen LogP contribution is 2.39. The predicted molar refractivity (Wildman–Crippen MR) is 78.7 cm³/mol. The van der Waals surface area contributed by atoms with Crippen LogP contribution >= 0.6 is 0 Å². The zero-order valence-corrected chi connectivity index (χ0v) is 11.6. The molecule has 1 aromatic heterocycles. The zero-order valence-electron chi connectivity index (χ0n) is 11.6. The van der Waals surface area contributed by atoms with Crippen molar-refractivity contribution in [1.82, 2.24) is 4.98 Å². The highest BCUT2D eigenvalue weighted by Gasteiger charge is 2.30. The summed E-state index contributed by atoms with van der Waals surface area (Å²) in [7, 11) is 0. The lowest BCUT2D eigenvalue weighted by molar-refractivity contribution is -0.401. The van der Waals surface area contributed by atoms with Gasteiger partial charge in [0.1, 0.15) is 5.82 Å². The molecule has 23 heavy (non-hydrogen) atoms. The van der Waals surface area contributed by atoms with E-state index in [1.54, 1.807) is 19.1 Å². The number of nitro groups is 3. The van der Waals surface area contributed by atoms with Gasteiger partial charge in [-0.1, -0.05) is 6.07 Å². The quantitative estimate of drug-likeness (QED) is 0.651. The Bertz CT molecular complexity index is 786. The molecule has 1 heterocycles. The number of aromatic nitrogens is 1.